The van der Waals surface area contributed by atoms with Crippen LogP contribution in [-0.4, -0.2) is 117 Å². The highest BCUT2D eigenvalue weighted by Crippen LogP contribution is 2.37. The third kappa shape index (κ3) is 7.12. The second kappa shape index (κ2) is 11.7. The molecule has 4 N–H and O–H groups in total. The number of hydrogen-bond acceptors (Lipinski definition) is 10. The van der Waals surface area contributed by atoms with Crippen LogP contribution in [-0.2, 0) is 38.0 Å². The zero-order valence-electron chi connectivity index (χ0n) is 16.3. The number of hydrogen-bond donors (Lipinski definition) is 4. The Morgan fingerprint density at radius 1 is 1.03 bits per heavy atom. The van der Waals surface area contributed by atoms with Gasteiger partial charge in [0.25, 0.3) is 0 Å². The predicted octanol–water partition coefficient (Wildman–Crippen LogP) is -2.51. The number of nitrogens with one attached hydrogen (secondary N) is 1. The molecular formula is C17H29NO11. The molecule has 29 heavy (non-hydrogen) atoms. The van der Waals surface area contributed by atoms with E-state index < -0.39 is 36.1 Å². The first-order valence-corrected chi connectivity index (χ1v) is 9.31. The van der Waals surface area contributed by atoms with E-state index in [9.17, 15) is 19.8 Å². The van der Waals surface area contributed by atoms with Gasteiger partial charge in [-0.2, -0.15) is 0 Å². The number of carboxylic acids is 1. The molecule has 0 radical (unpaired) electrons. The number of aliphatic hydroxyl groups excluding tert-OH is 2. The molecule has 12 heteroatoms. The second-order valence-electron chi connectivity index (χ2n) is 6.75. The summed E-state index contributed by atoms with van der Waals surface area (Å²) < 4.78 is 32.0. The number of amides is 1. The van der Waals surface area contributed by atoms with Crippen LogP contribution < -0.4 is 5.32 Å². The minimum absolute atomic E-state index is 0.00467. The van der Waals surface area contributed by atoms with Gasteiger partial charge in [-0.15, -0.1) is 0 Å². The number of aliphatic hydroxyl groups is 2. The lowest BCUT2D eigenvalue weighted by Gasteiger charge is -2.42. The molecule has 2 aliphatic rings. The second-order valence-corrected chi connectivity index (χ2v) is 6.75. The van der Waals surface area contributed by atoms with E-state index in [2.05, 4.69) is 5.32 Å². The van der Waals surface area contributed by atoms with E-state index in [1.165, 1.54) is 6.92 Å². The summed E-state index contributed by atoms with van der Waals surface area (Å²) in [4.78, 5) is 21.5. The Hall–Kier alpha value is -1.38. The Kier molecular flexibility index (Phi) is 9.65. The summed E-state index contributed by atoms with van der Waals surface area (Å²) in [7, 11) is 0. The summed E-state index contributed by atoms with van der Waals surface area (Å²) in [5, 5.41) is 31.6. The monoisotopic (exact) mass is 423 g/mol. The molecule has 0 aliphatic carbocycles. The Bertz CT molecular complexity index is 534. The number of carbonyl (C=O) groups excluding carboxylic acids is 1. The molecular weight excluding hydrogens is 394 g/mol. The maximum Gasteiger partial charge on any atom is 0.329 e. The summed E-state index contributed by atoms with van der Waals surface area (Å²) in [6.45, 7) is 2.61. The summed E-state index contributed by atoms with van der Waals surface area (Å²) in [6.07, 6.45) is -3.37. The Labute approximate surface area is 168 Å². The molecule has 4 unspecified atom stereocenters. The highest BCUT2D eigenvalue weighted by Gasteiger charge is 2.59. The van der Waals surface area contributed by atoms with E-state index in [4.69, 9.17) is 33.5 Å². The van der Waals surface area contributed by atoms with Gasteiger partial charge in [0.2, 0.25) is 5.91 Å². The van der Waals surface area contributed by atoms with Crippen molar-refractivity contribution in [3.05, 3.63) is 0 Å². The van der Waals surface area contributed by atoms with Crippen molar-refractivity contribution in [1.82, 2.24) is 5.32 Å². The Morgan fingerprint density at radius 2 is 1.62 bits per heavy atom. The van der Waals surface area contributed by atoms with Crippen LogP contribution in [0.4, 0.5) is 0 Å². The lowest BCUT2D eigenvalue weighted by atomic mass is 9.88. The summed E-state index contributed by atoms with van der Waals surface area (Å²) in [5.74, 6) is -1.39. The number of ether oxygens (including phenoxy) is 6. The first-order chi connectivity index (χ1) is 13.9. The van der Waals surface area contributed by atoms with Crippen molar-refractivity contribution in [1.29, 1.82) is 0 Å². The van der Waals surface area contributed by atoms with Crippen LogP contribution in [0, 0.1) is 0 Å². The number of aliphatic carboxylic acids is 1. The molecule has 0 saturated carbocycles. The van der Waals surface area contributed by atoms with Crippen LogP contribution in [0.25, 0.3) is 0 Å². The van der Waals surface area contributed by atoms with Crippen LogP contribution in [0.3, 0.4) is 0 Å². The molecule has 2 bridgehead atoms. The van der Waals surface area contributed by atoms with Crippen LogP contribution >= 0.6 is 0 Å². The highest BCUT2D eigenvalue weighted by atomic mass is 16.8. The van der Waals surface area contributed by atoms with Gasteiger partial charge in [-0.25, -0.2) is 4.79 Å². The van der Waals surface area contributed by atoms with Gasteiger partial charge in [-0.3, -0.25) is 4.79 Å². The summed E-state index contributed by atoms with van der Waals surface area (Å²) in [5.41, 5.74) is -1.20. The minimum atomic E-state index is -1.28. The van der Waals surface area contributed by atoms with Crippen molar-refractivity contribution in [3.8, 4) is 0 Å². The lowest BCUT2D eigenvalue weighted by Crippen LogP contribution is -2.66. The molecule has 2 fully saturated rings. The standard InChI is InChI=1S/C17H29NO11/c1-11(19)18-13-14(22)15(23)17(10-28-16(13)29-17)9-27-7-5-25-3-2-24-4-6-26-8-12(20)21/h13-16,22-23H,2-10H2,1H3,(H,18,19)(H,20,21)/t13?,14?,15?,16?,17-/m0/s1. The summed E-state index contributed by atoms with van der Waals surface area (Å²) >= 11 is 0. The van der Waals surface area contributed by atoms with E-state index in [0.29, 0.717) is 13.2 Å². The van der Waals surface area contributed by atoms with Crippen LogP contribution in [0.1, 0.15) is 6.92 Å². The fourth-order valence-electron chi connectivity index (χ4n) is 3.03. The molecule has 2 rings (SSSR count). The van der Waals surface area contributed by atoms with Gasteiger partial charge in [-0.05, 0) is 0 Å². The average Bonchev–Trinajstić information content (AvgIpc) is 3.07. The third-order valence-electron chi connectivity index (χ3n) is 4.42. The SMILES string of the molecule is CC(=O)NC1C2OC[C@](COCCOCCOCCOCC(=O)O)(O2)C(O)C1O. The largest absolute Gasteiger partial charge is 0.480 e. The molecule has 12 nitrogen and oxygen atoms in total. The quantitative estimate of drug-likeness (QED) is 0.218. The Balaban J connectivity index is 1.55. The molecule has 2 heterocycles. The van der Waals surface area contributed by atoms with Crippen LogP contribution in [0.2, 0.25) is 0 Å². The summed E-state index contributed by atoms with van der Waals surface area (Å²) in [6, 6.07) is -0.851. The van der Waals surface area contributed by atoms with Gasteiger partial charge in [0.15, 0.2) is 6.29 Å². The third-order valence-corrected chi connectivity index (χ3v) is 4.42. The van der Waals surface area contributed by atoms with Crippen molar-refractivity contribution < 1.29 is 53.3 Å². The zero-order valence-corrected chi connectivity index (χ0v) is 16.3. The van der Waals surface area contributed by atoms with E-state index in [0.717, 1.165) is 0 Å². The number of carbonyl (C=O) groups is 2. The van der Waals surface area contributed by atoms with Gasteiger partial charge in [0, 0.05) is 6.92 Å². The molecule has 2 saturated heterocycles. The van der Waals surface area contributed by atoms with Gasteiger partial charge < -0.3 is 49.1 Å². The smallest absolute Gasteiger partial charge is 0.329 e. The van der Waals surface area contributed by atoms with E-state index in [1.807, 2.05) is 0 Å². The van der Waals surface area contributed by atoms with Crippen LogP contribution in [0.5, 0.6) is 0 Å². The maximum atomic E-state index is 11.2. The molecule has 5 atom stereocenters. The molecule has 1 amide bonds. The zero-order chi connectivity index (χ0) is 21.3. The van der Waals surface area contributed by atoms with Crippen LogP contribution in [0.15, 0.2) is 0 Å². The normalized spacial score (nSPS) is 31.0. The van der Waals surface area contributed by atoms with E-state index >= 15 is 0 Å². The van der Waals surface area contributed by atoms with Gasteiger partial charge in [0.05, 0.1) is 52.9 Å². The van der Waals surface area contributed by atoms with Crippen molar-refractivity contribution >= 4 is 11.9 Å². The molecule has 0 spiro atoms. The lowest BCUT2D eigenvalue weighted by molar-refractivity contribution is -0.238. The maximum absolute atomic E-state index is 11.2. The molecule has 168 valence electrons. The van der Waals surface area contributed by atoms with E-state index in [-0.39, 0.29) is 52.2 Å². The van der Waals surface area contributed by atoms with Gasteiger partial charge in [0.1, 0.15) is 30.5 Å². The van der Waals surface area contributed by atoms with Crippen molar-refractivity contribution in [2.24, 2.45) is 0 Å². The van der Waals surface area contributed by atoms with Gasteiger partial charge >= 0.3 is 5.97 Å². The highest BCUT2D eigenvalue weighted by molar-refractivity contribution is 5.73. The first kappa shape index (κ1) is 23.9. The Morgan fingerprint density at radius 3 is 2.21 bits per heavy atom. The fraction of sp³-hybridized carbons (Fsp3) is 0.882. The van der Waals surface area contributed by atoms with Crippen molar-refractivity contribution in [2.45, 2.75) is 37.1 Å². The van der Waals surface area contributed by atoms with E-state index in [1.54, 1.807) is 0 Å². The minimum Gasteiger partial charge on any atom is -0.480 e. The number of fused-ring (bicyclic) bond motifs is 2. The topological polar surface area (TPSA) is 162 Å². The molecule has 0 aromatic heterocycles. The molecule has 0 aromatic rings. The molecule has 2 aliphatic heterocycles. The molecule has 0 aromatic carbocycles. The van der Waals surface area contributed by atoms with Crippen molar-refractivity contribution in [2.75, 3.05) is 59.5 Å². The van der Waals surface area contributed by atoms with Crippen molar-refractivity contribution in [3.63, 3.8) is 0 Å². The fourth-order valence-corrected chi connectivity index (χ4v) is 3.03. The average molecular weight is 423 g/mol. The van der Waals surface area contributed by atoms with Gasteiger partial charge in [-0.1, -0.05) is 0 Å². The first-order valence-electron chi connectivity index (χ1n) is 9.31. The number of rotatable bonds is 14. The predicted molar refractivity (Wildman–Crippen MR) is 94.1 cm³/mol. The number of carboxylic acid groups (broad SMARTS) is 1.